The van der Waals surface area contributed by atoms with Crippen LogP contribution < -0.4 is 37.6 Å². The molecule has 3 aliphatic heterocycles. The monoisotopic (exact) mass is 1440 g/mol. The molecule has 9 N–H and O–H groups in total. The fraction of sp³-hybridized carbons (Fsp3) is 0.558. The number of nitrogens with two attached hydrogens (primary N) is 1. The predicted octanol–water partition coefficient (Wildman–Crippen LogP) is 7.23. The van der Waals surface area contributed by atoms with Crippen LogP contribution in [0.15, 0.2) is 103 Å². The Labute approximate surface area is 610 Å². The van der Waals surface area contributed by atoms with Crippen molar-refractivity contribution in [1.29, 1.82) is 0 Å². The number of imidazole rings is 1. The van der Waals surface area contributed by atoms with Crippen LogP contribution in [0.2, 0.25) is 0 Å². The number of anilines is 1. The van der Waals surface area contributed by atoms with E-state index in [4.69, 9.17) is 24.9 Å². The average Bonchev–Trinajstić information content (AvgIpc) is 1.60. The number of carbonyl (C=O) groups excluding carboxylic acids is 11. The number of benzene rings is 3. The summed E-state index contributed by atoms with van der Waals surface area (Å²) >= 11 is 0. The molecule has 2 saturated heterocycles. The third kappa shape index (κ3) is 21.1. The van der Waals surface area contributed by atoms with E-state index in [0.717, 1.165) is 21.7 Å². The van der Waals surface area contributed by atoms with Crippen molar-refractivity contribution in [3.8, 4) is 11.3 Å². The lowest BCUT2D eigenvalue weighted by Gasteiger charge is -2.41. The molecule has 0 unspecified atom stereocenters. The lowest BCUT2D eigenvalue weighted by atomic mass is 9.89. The molecule has 3 fully saturated rings. The van der Waals surface area contributed by atoms with Crippen LogP contribution in [0.1, 0.15) is 155 Å². The van der Waals surface area contributed by atoms with Crippen LogP contribution in [0.4, 0.5) is 15.3 Å². The third-order valence-corrected chi connectivity index (χ3v) is 20.8. The number of likely N-dealkylation sites (N-methyl/N-ethyl adjacent to an activating group) is 1. The zero-order valence-corrected chi connectivity index (χ0v) is 61.7. The third-order valence-electron chi connectivity index (χ3n) is 20.8. The summed E-state index contributed by atoms with van der Waals surface area (Å²) < 4.78 is 18.2. The van der Waals surface area contributed by atoms with Gasteiger partial charge in [-0.2, -0.15) is 0 Å². The number of fused-ring (bicyclic) bond motifs is 2. The Morgan fingerprint density at radius 1 is 0.740 bits per heavy atom. The standard InChI is InChI=1S/C77H107N13O14/c1-11-48(6)67(60(102-9)43-64(94)88-40-22-28-59(88)69(103-10)49(7)71(95)84-57(41-50-23-15-12-16-24-50)70-80-44-58(82-70)52-25-17-13-18-26-52)87(8)75(99)66(47(4)5)86-74(98)68-53-32-35-55(42-53)90(68)77(101)104-45-51-30-33-54(34-31-51)81-72(96)56(27-21-38-79-76(78)100)83-73(97)65(46(2)3)85-61(91)29-19-14-20-39-89-62(92)36-37-63(89)93/h12-13,15-18,23-26,30-31,33-34,36-37,44,46-49,53,55-57,59-60,65-69H,11,14,19-22,27-29,32,35,38-43,45H2,1-10H3,(H,80,82)(H,81,96)(H,83,97)(H,84,95)(H,85,91)(H,86,98)(H3,78,79,100)/t48-,49+,53-,55+,56-,57-,59-,60+,65-,66-,67-,68-,69+/m0/s1. The molecule has 4 heterocycles. The zero-order valence-electron chi connectivity index (χ0n) is 61.7. The van der Waals surface area contributed by atoms with Gasteiger partial charge in [-0.1, -0.05) is 134 Å². The van der Waals surface area contributed by atoms with Crippen molar-refractivity contribution in [3.63, 3.8) is 0 Å². The number of carbonyl (C=O) groups is 11. The van der Waals surface area contributed by atoms with Gasteiger partial charge < -0.3 is 66.6 Å². The van der Waals surface area contributed by atoms with Crippen LogP contribution in [0, 0.1) is 29.6 Å². The van der Waals surface area contributed by atoms with Gasteiger partial charge in [0.15, 0.2) is 0 Å². The summed E-state index contributed by atoms with van der Waals surface area (Å²) in [5.41, 5.74) is 8.89. The van der Waals surface area contributed by atoms with Crippen LogP contribution in [0.5, 0.6) is 0 Å². The maximum atomic E-state index is 15.1. The summed E-state index contributed by atoms with van der Waals surface area (Å²) in [6, 6.07) is 19.6. The number of unbranched alkanes of at least 4 members (excludes halogenated alkanes) is 2. The van der Waals surface area contributed by atoms with Crippen molar-refractivity contribution in [1.82, 2.24) is 56.2 Å². The minimum Gasteiger partial charge on any atom is -0.445 e. The Kier molecular flexibility index (Phi) is 29.5. The van der Waals surface area contributed by atoms with E-state index in [1.807, 2.05) is 101 Å². The number of rotatable bonds is 38. The van der Waals surface area contributed by atoms with E-state index < -0.39 is 96.2 Å². The van der Waals surface area contributed by atoms with Crippen molar-refractivity contribution in [2.24, 2.45) is 35.3 Å². The van der Waals surface area contributed by atoms with E-state index in [2.05, 4.69) is 36.9 Å². The zero-order chi connectivity index (χ0) is 75.3. The molecule has 8 rings (SSSR count). The summed E-state index contributed by atoms with van der Waals surface area (Å²) in [4.78, 5) is 163. The number of piperidine rings is 1. The van der Waals surface area contributed by atoms with Crippen molar-refractivity contribution in [2.45, 2.75) is 206 Å². The van der Waals surface area contributed by atoms with Gasteiger partial charge in [0.05, 0.1) is 48.4 Å². The summed E-state index contributed by atoms with van der Waals surface area (Å²) in [5.74, 6) is -4.82. The highest BCUT2D eigenvalue weighted by Crippen LogP contribution is 2.43. The Hall–Kier alpha value is -9.50. The molecule has 27 heteroatoms. The van der Waals surface area contributed by atoms with Crippen LogP contribution >= 0.6 is 0 Å². The first-order chi connectivity index (χ1) is 49.8. The SMILES string of the molecule is CC[C@H](C)[C@@H]([C@@H](CC(=O)N1CCC[C@H]1[C@H](OC)[C@@H](C)C(=O)N[C@@H](Cc1ccccc1)c1nc(-c2ccccc2)c[nH]1)OC)N(C)C(=O)[C@@H](NC(=O)[C@@H]1[C@H]2CC[C@H](C2)N1C(=O)OCc1ccc(NC(=O)[C@H](CCCNC(N)=O)NC(=O)[C@@H](NC(=O)CCCCCN2C(=O)C=CC2=O)C(C)C)cc1)C(C)C. The number of nitrogens with one attached hydrogen (secondary N) is 7. The minimum absolute atomic E-state index is 0.0775. The van der Waals surface area contributed by atoms with Gasteiger partial charge in [-0.05, 0) is 111 Å². The molecule has 12 amide bonds. The fourth-order valence-corrected chi connectivity index (χ4v) is 14.9. The highest BCUT2D eigenvalue weighted by Gasteiger charge is 2.53. The number of likely N-dealkylation sites (tertiary alicyclic amines) is 2. The topological polar surface area (TPSA) is 355 Å². The van der Waals surface area contributed by atoms with Crippen molar-refractivity contribution in [2.75, 3.05) is 46.2 Å². The van der Waals surface area contributed by atoms with E-state index >= 15 is 4.79 Å². The van der Waals surface area contributed by atoms with Crippen molar-refractivity contribution in [3.05, 3.63) is 120 Å². The lowest BCUT2D eigenvalue weighted by molar-refractivity contribution is -0.148. The first kappa shape index (κ1) is 80.2. The number of amides is 12. The number of imide groups is 1. The van der Waals surface area contributed by atoms with Crippen LogP contribution in [0.3, 0.4) is 0 Å². The second kappa shape index (κ2) is 38.3. The molecule has 13 atom stereocenters. The van der Waals surface area contributed by atoms with Gasteiger partial charge in [0.1, 0.15) is 36.6 Å². The molecule has 1 saturated carbocycles. The molecule has 0 radical (unpaired) electrons. The summed E-state index contributed by atoms with van der Waals surface area (Å²) in [7, 11) is 4.76. The molecule has 1 aliphatic carbocycles. The highest BCUT2D eigenvalue weighted by molar-refractivity contribution is 6.12. The Morgan fingerprint density at radius 2 is 1.42 bits per heavy atom. The molecule has 2 bridgehead atoms. The molecule has 0 spiro atoms. The van der Waals surface area contributed by atoms with E-state index in [1.165, 1.54) is 24.2 Å². The van der Waals surface area contributed by atoms with Gasteiger partial charge in [0.2, 0.25) is 41.4 Å². The van der Waals surface area contributed by atoms with E-state index in [-0.39, 0.29) is 105 Å². The number of primary amides is 1. The maximum Gasteiger partial charge on any atom is 0.411 e. The fourth-order valence-electron chi connectivity index (χ4n) is 14.9. The number of urea groups is 1. The van der Waals surface area contributed by atoms with Gasteiger partial charge >= 0.3 is 12.1 Å². The number of methoxy groups -OCH3 is 2. The second-order valence-electron chi connectivity index (χ2n) is 28.7. The first-order valence-corrected chi connectivity index (χ1v) is 36.7. The number of ether oxygens (including phenoxy) is 3. The average molecular weight is 1440 g/mol. The summed E-state index contributed by atoms with van der Waals surface area (Å²) in [5, 5.41) is 17.2. The maximum absolute atomic E-state index is 15.1. The first-order valence-electron chi connectivity index (χ1n) is 36.7. The molecular formula is C77H107N13O14. The molecule has 3 aromatic carbocycles. The number of H-pyrrole nitrogens is 1. The molecular weight excluding hydrogens is 1330 g/mol. The predicted molar refractivity (Wildman–Crippen MR) is 390 cm³/mol. The molecule has 4 aromatic rings. The van der Waals surface area contributed by atoms with Crippen LogP contribution in [0.25, 0.3) is 11.3 Å². The Morgan fingerprint density at radius 3 is 2.07 bits per heavy atom. The minimum atomic E-state index is -1.11. The highest BCUT2D eigenvalue weighted by atomic mass is 16.6. The van der Waals surface area contributed by atoms with E-state index in [9.17, 15) is 47.9 Å². The van der Waals surface area contributed by atoms with Gasteiger partial charge in [0.25, 0.3) is 11.8 Å². The number of aromatic amines is 1. The number of nitrogens with zero attached hydrogens (tertiary/aromatic N) is 5. The number of hydrogen-bond acceptors (Lipinski definition) is 15. The molecule has 564 valence electrons. The van der Waals surface area contributed by atoms with Gasteiger partial charge in [-0.25, -0.2) is 14.6 Å². The van der Waals surface area contributed by atoms with Crippen LogP contribution in [-0.4, -0.2) is 190 Å². The van der Waals surface area contributed by atoms with Crippen molar-refractivity contribution >= 4 is 71.0 Å². The van der Waals surface area contributed by atoms with E-state index in [0.29, 0.717) is 87.8 Å². The quantitative estimate of drug-likeness (QED) is 0.0162. The van der Waals surface area contributed by atoms with Gasteiger partial charge in [0, 0.05) is 83.0 Å². The largest absolute Gasteiger partial charge is 0.445 e. The summed E-state index contributed by atoms with van der Waals surface area (Å²) in [6.45, 7) is 13.6. The smallest absolute Gasteiger partial charge is 0.411 e. The Bertz CT molecular complexity index is 3610. The number of aromatic nitrogens is 2. The normalized spacial score (nSPS) is 19.5. The van der Waals surface area contributed by atoms with Gasteiger partial charge in [-0.3, -0.25) is 53.0 Å². The molecule has 1 aromatic heterocycles. The van der Waals surface area contributed by atoms with Crippen molar-refractivity contribution < 1.29 is 67.0 Å². The van der Waals surface area contributed by atoms with E-state index in [1.54, 1.807) is 62.1 Å². The summed E-state index contributed by atoms with van der Waals surface area (Å²) in [6.07, 6.45) is 8.37. The van der Waals surface area contributed by atoms with Gasteiger partial charge in [-0.15, -0.1) is 0 Å². The molecule has 27 nitrogen and oxygen atoms in total. The Balaban J connectivity index is 0.856. The molecule has 104 heavy (non-hydrogen) atoms. The lowest BCUT2D eigenvalue weighted by Crippen LogP contribution is -2.60. The van der Waals surface area contributed by atoms with Crippen LogP contribution in [-0.2, 0) is 70.4 Å². The molecule has 4 aliphatic rings. The number of hydrogen-bond donors (Lipinski definition) is 8. The second-order valence-corrected chi connectivity index (χ2v) is 28.7.